The Morgan fingerprint density at radius 2 is 1.94 bits per heavy atom. The van der Waals surface area contributed by atoms with E-state index in [0.717, 1.165) is 17.8 Å². The summed E-state index contributed by atoms with van der Waals surface area (Å²) in [5, 5.41) is 3.68. The van der Waals surface area contributed by atoms with Crippen LogP contribution in [0.3, 0.4) is 0 Å². The SMILES string of the molecule is CC(C)CNCC1(C2CC2c2ccccc2)CC1. The lowest BCUT2D eigenvalue weighted by atomic mass is 9.96. The van der Waals surface area contributed by atoms with Crippen LogP contribution in [-0.4, -0.2) is 13.1 Å². The Morgan fingerprint density at radius 3 is 2.56 bits per heavy atom. The van der Waals surface area contributed by atoms with E-state index in [2.05, 4.69) is 49.5 Å². The van der Waals surface area contributed by atoms with Gasteiger partial charge in [0.25, 0.3) is 0 Å². The maximum Gasteiger partial charge on any atom is 0.00108 e. The molecule has 0 heterocycles. The smallest absolute Gasteiger partial charge is 0.00108 e. The van der Waals surface area contributed by atoms with Crippen LogP contribution < -0.4 is 5.32 Å². The number of rotatable bonds is 6. The third-order valence-electron chi connectivity index (χ3n) is 4.73. The van der Waals surface area contributed by atoms with Crippen LogP contribution in [0.15, 0.2) is 30.3 Å². The molecule has 18 heavy (non-hydrogen) atoms. The fraction of sp³-hybridized carbons (Fsp3) is 0.647. The number of hydrogen-bond acceptors (Lipinski definition) is 1. The molecule has 2 saturated carbocycles. The second-order valence-electron chi connectivity index (χ2n) is 6.75. The molecule has 2 aliphatic rings. The van der Waals surface area contributed by atoms with Crippen LogP contribution >= 0.6 is 0 Å². The summed E-state index contributed by atoms with van der Waals surface area (Å²) in [6.07, 6.45) is 4.32. The molecule has 1 heteroatoms. The molecule has 1 aromatic rings. The van der Waals surface area contributed by atoms with E-state index in [4.69, 9.17) is 0 Å². The van der Waals surface area contributed by atoms with E-state index in [1.165, 1.54) is 32.4 Å². The van der Waals surface area contributed by atoms with Crippen molar-refractivity contribution in [2.45, 2.75) is 39.0 Å². The lowest BCUT2D eigenvalue weighted by Crippen LogP contribution is -2.28. The van der Waals surface area contributed by atoms with E-state index in [9.17, 15) is 0 Å². The molecule has 0 spiro atoms. The average Bonchev–Trinajstić information content (AvgIpc) is 3.24. The first-order valence-corrected chi connectivity index (χ1v) is 7.47. The number of hydrogen-bond donors (Lipinski definition) is 1. The Balaban J connectivity index is 1.54. The molecule has 0 bridgehead atoms. The minimum absolute atomic E-state index is 0.662. The van der Waals surface area contributed by atoms with Gasteiger partial charge in [-0.15, -0.1) is 0 Å². The molecule has 0 saturated heterocycles. The highest BCUT2D eigenvalue weighted by atomic mass is 14.9. The van der Waals surface area contributed by atoms with Crippen LogP contribution in [0.4, 0.5) is 0 Å². The first-order valence-electron chi connectivity index (χ1n) is 7.47. The summed E-state index contributed by atoms with van der Waals surface area (Å²) in [5.41, 5.74) is 2.23. The van der Waals surface area contributed by atoms with Gasteiger partial charge in [0, 0.05) is 6.54 Å². The Morgan fingerprint density at radius 1 is 1.22 bits per heavy atom. The molecule has 2 atom stereocenters. The minimum atomic E-state index is 0.662. The topological polar surface area (TPSA) is 12.0 Å². The van der Waals surface area contributed by atoms with Gasteiger partial charge in [-0.25, -0.2) is 0 Å². The van der Waals surface area contributed by atoms with Crippen LogP contribution in [0.1, 0.15) is 44.6 Å². The van der Waals surface area contributed by atoms with Gasteiger partial charge >= 0.3 is 0 Å². The fourth-order valence-electron chi connectivity index (χ4n) is 3.39. The molecular formula is C17H25N. The molecule has 1 aromatic carbocycles. The molecule has 3 rings (SSSR count). The van der Waals surface area contributed by atoms with Crippen molar-refractivity contribution in [3.8, 4) is 0 Å². The molecule has 0 radical (unpaired) electrons. The van der Waals surface area contributed by atoms with Crippen molar-refractivity contribution in [2.24, 2.45) is 17.3 Å². The van der Waals surface area contributed by atoms with Gasteiger partial charge in [-0.05, 0) is 54.5 Å². The monoisotopic (exact) mass is 243 g/mol. The second kappa shape index (κ2) is 4.70. The molecule has 2 aliphatic carbocycles. The first-order chi connectivity index (χ1) is 8.71. The predicted molar refractivity (Wildman–Crippen MR) is 76.7 cm³/mol. The van der Waals surface area contributed by atoms with Crippen molar-refractivity contribution in [2.75, 3.05) is 13.1 Å². The summed E-state index contributed by atoms with van der Waals surface area (Å²) < 4.78 is 0. The quantitative estimate of drug-likeness (QED) is 0.801. The fourth-order valence-corrected chi connectivity index (χ4v) is 3.39. The van der Waals surface area contributed by atoms with Gasteiger partial charge < -0.3 is 5.32 Å². The highest BCUT2D eigenvalue weighted by Crippen LogP contribution is 2.67. The van der Waals surface area contributed by atoms with E-state index < -0.39 is 0 Å². The van der Waals surface area contributed by atoms with Gasteiger partial charge in [0.2, 0.25) is 0 Å². The summed E-state index contributed by atoms with van der Waals surface area (Å²) in [7, 11) is 0. The van der Waals surface area contributed by atoms with Crippen LogP contribution in [-0.2, 0) is 0 Å². The maximum absolute atomic E-state index is 3.68. The summed E-state index contributed by atoms with van der Waals surface area (Å²) in [6, 6.07) is 11.1. The largest absolute Gasteiger partial charge is 0.316 e. The van der Waals surface area contributed by atoms with Gasteiger partial charge in [0.1, 0.15) is 0 Å². The van der Waals surface area contributed by atoms with Crippen molar-refractivity contribution in [1.82, 2.24) is 5.32 Å². The minimum Gasteiger partial charge on any atom is -0.316 e. The molecule has 1 N–H and O–H groups in total. The Bertz CT molecular complexity index is 391. The molecule has 2 fully saturated rings. The van der Waals surface area contributed by atoms with Crippen molar-refractivity contribution >= 4 is 0 Å². The molecule has 2 unspecified atom stereocenters. The predicted octanol–water partition coefficient (Wildman–Crippen LogP) is 3.82. The number of nitrogens with one attached hydrogen (secondary N) is 1. The Hall–Kier alpha value is -0.820. The van der Waals surface area contributed by atoms with Crippen molar-refractivity contribution in [1.29, 1.82) is 0 Å². The van der Waals surface area contributed by atoms with E-state index in [-0.39, 0.29) is 0 Å². The normalized spacial score (nSPS) is 28.4. The zero-order valence-electron chi connectivity index (χ0n) is 11.7. The highest BCUT2D eigenvalue weighted by molar-refractivity contribution is 5.29. The van der Waals surface area contributed by atoms with Crippen LogP contribution in [0.2, 0.25) is 0 Å². The van der Waals surface area contributed by atoms with Crippen LogP contribution in [0.5, 0.6) is 0 Å². The van der Waals surface area contributed by atoms with E-state index in [0.29, 0.717) is 5.41 Å². The van der Waals surface area contributed by atoms with Crippen LogP contribution in [0.25, 0.3) is 0 Å². The van der Waals surface area contributed by atoms with E-state index >= 15 is 0 Å². The second-order valence-corrected chi connectivity index (χ2v) is 6.75. The van der Waals surface area contributed by atoms with Crippen molar-refractivity contribution in [3.05, 3.63) is 35.9 Å². The molecular weight excluding hydrogens is 218 g/mol. The lowest BCUT2D eigenvalue weighted by molar-refractivity contribution is 0.384. The first kappa shape index (κ1) is 12.2. The lowest BCUT2D eigenvalue weighted by Gasteiger charge is -2.17. The van der Waals surface area contributed by atoms with Crippen LogP contribution in [0, 0.1) is 17.3 Å². The van der Waals surface area contributed by atoms with Gasteiger partial charge in [0.15, 0.2) is 0 Å². The maximum atomic E-state index is 3.68. The molecule has 0 aromatic heterocycles. The third-order valence-corrected chi connectivity index (χ3v) is 4.73. The zero-order chi connectivity index (χ0) is 12.6. The van der Waals surface area contributed by atoms with Gasteiger partial charge in [-0.1, -0.05) is 44.2 Å². The Kier molecular flexibility index (Phi) is 3.19. The van der Waals surface area contributed by atoms with Gasteiger partial charge in [0.05, 0.1) is 0 Å². The summed E-state index contributed by atoms with van der Waals surface area (Å²) in [5.74, 6) is 2.58. The molecule has 1 nitrogen and oxygen atoms in total. The van der Waals surface area contributed by atoms with Crippen molar-refractivity contribution < 1.29 is 0 Å². The molecule has 0 amide bonds. The average molecular weight is 243 g/mol. The van der Waals surface area contributed by atoms with E-state index in [1.54, 1.807) is 5.56 Å². The molecule has 0 aliphatic heterocycles. The third kappa shape index (κ3) is 2.47. The number of benzene rings is 1. The van der Waals surface area contributed by atoms with Gasteiger partial charge in [-0.3, -0.25) is 0 Å². The highest BCUT2D eigenvalue weighted by Gasteiger charge is 2.58. The summed E-state index contributed by atoms with van der Waals surface area (Å²) in [4.78, 5) is 0. The van der Waals surface area contributed by atoms with Crippen molar-refractivity contribution in [3.63, 3.8) is 0 Å². The summed E-state index contributed by atoms with van der Waals surface area (Å²) in [6.45, 7) is 7.00. The Labute approximate surface area is 111 Å². The molecule has 98 valence electrons. The standard InChI is InChI=1S/C17H25N/c1-13(2)11-18-12-17(8-9-17)16-10-15(16)14-6-4-3-5-7-14/h3-7,13,15-16,18H,8-12H2,1-2H3. The summed E-state index contributed by atoms with van der Waals surface area (Å²) >= 11 is 0. The zero-order valence-corrected chi connectivity index (χ0v) is 11.7. The van der Waals surface area contributed by atoms with E-state index in [1.807, 2.05) is 0 Å². The van der Waals surface area contributed by atoms with Gasteiger partial charge in [-0.2, -0.15) is 0 Å².